The molecule has 1 amide bonds. The molecule has 0 atom stereocenters. The summed E-state index contributed by atoms with van der Waals surface area (Å²) in [6, 6.07) is 3.49. The van der Waals surface area contributed by atoms with E-state index in [1.54, 1.807) is 30.0 Å². The Balaban J connectivity index is 2.64. The van der Waals surface area contributed by atoms with E-state index in [2.05, 4.69) is 20.7 Å². The van der Waals surface area contributed by atoms with Gasteiger partial charge in [-0.3, -0.25) is 10.0 Å². The molecule has 0 aliphatic rings. The summed E-state index contributed by atoms with van der Waals surface area (Å²) in [5.41, 5.74) is 5.50. The van der Waals surface area contributed by atoms with E-state index in [0.29, 0.717) is 18.5 Å². The molecule has 0 unspecified atom stereocenters. The van der Waals surface area contributed by atoms with Crippen molar-refractivity contribution in [2.45, 2.75) is 20.3 Å². The highest BCUT2D eigenvalue weighted by Crippen LogP contribution is 2.33. The Hall–Kier alpha value is -2.54. The van der Waals surface area contributed by atoms with Crippen LogP contribution in [0.2, 0.25) is 0 Å². The van der Waals surface area contributed by atoms with E-state index in [1.165, 1.54) is 0 Å². The summed E-state index contributed by atoms with van der Waals surface area (Å²) >= 11 is 0. The van der Waals surface area contributed by atoms with Crippen LogP contribution in [0.5, 0.6) is 0 Å². The highest BCUT2D eigenvalue weighted by molar-refractivity contribution is 5.98. The number of nitrogens with one attached hydrogen (secondary N) is 2. The van der Waals surface area contributed by atoms with E-state index < -0.39 is 5.91 Å². The van der Waals surface area contributed by atoms with Gasteiger partial charge in [0.05, 0.1) is 12.4 Å². The molecule has 1 heterocycles. The molecule has 0 fully saturated rings. The molecule has 21 heavy (non-hydrogen) atoms. The molecule has 2 aromatic rings. The minimum atomic E-state index is -0.525. The van der Waals surface area contributed by atoms with Crippen molar-refractivity contribution < 1.29 is 10.0 Å². The monoisotopic (exact) mass is 287 g/mol. The quantitative estimate of drug-likeness (QED) is 0.571. The molecule has 0 aliphatic heterocycles. The lowest BCUT2D eigenvalue weighted by molar-refractivity contribution is 0.0705. The van der Waals surface area contributed by atoms with Crippen molar-refractivity contribution in [1.82, 2.24) is 20.9 Å². The molecular formula is C14H17N5O2. The van der Waals surface area contributed by atoms with Crippen LogP contribution in [0.4, 0.5) is 5.69 Å². The predicted octanol–water partition coefficient (Wildman–Crippen LogP) is 1.65. The zero-order valence-corrected chi connectivity index (χ0v) is 11.9. The van der Waals surface area contributed by atoms with Gasteiger partial charge < -0.3 is 5.32 Å². The van der Waals surface area contributed by atoms with Crippen molar-refractivity contribution in [3.05, 3.63) is 35.7 Å². The van der Waals surface area contributed by atoms with E-state index >= 15 is 0 Å². The number of hydroxylamine groups is 1. The first-order chi connectivity index (χ1) is 10.2. The van der Waals surface area contributed by atoms with E-state index in [1.807, 2.05) is 13.8 Å². The van der Waals surface area contributed by atoms with E-state index in [-0.39, 0.29) is 0 Å². The average Bonchev–Trinajstić information content (AvgIpc) is 2.54. The number of amides is 1. The Bertz CT molecular complexity index is 631. The highest BCUT2D eigenvalue weighted by Gasteiger charge is 2.17. The first-order valence-corrected chi connectivity index (χ1v) is 6.70. The minimum absolute atomic E-state index is 0.440. The number of anilines is 1. The van der Waals surface area contributed by atoms with Gasteiger partial charge in [0.2, 0.25) is 0 Å². The molecule has 7 nitrogen and oxygen atoms in total. The maximum absolute atomic E-state index is 11.8. The predicted molar refractivity (Wildman–Crippen MR) is 78.1 cm³/mol. The van der Waals surface area contributed by atoms with Crippen LogP contribution in [0.3, 0.4) is 0 Å². The number of benzene rings is 1. The van der Waals surface area contributed by atoms with Crippen LogP contribution in [-0.4, -0.2) is 33.1 Å². The van der Waals surface area contributed by atoms with Crippen molar-refractivity contribution in [2.24, 2.45) is 0 Å². The molecule has 0 saturated carbocycles. The molecular weight excluding hydrogens is 270 g/mol. The van der Waals surface area contributed by atoms with Crippen LogP contribution in [0.25, 0.3) is 11.1 Å². The van der Waals surface area contributed by atoms with Crippen LogP contribution in [0.1, 0.15) is 29.8 Å². The summed E-state index contributed by atoms with van der Waals surface area (Å²) in [6.07, 6.45) is 3.88. The SMILES string of the molecule is CCNc1c(-c2cnnnc2)ccc(C(=O)NO)c1CC. The molecule has 0 bridgehead atoms. The topological polar surface area (TPSA) is 100 Å². The smallest absolute Gasteiger partial charge is 0.274 e. The third-order valence-electron chi connectivity index (χ3n) is 3.17. The molecule has 1 aromatic carbocycles. The van der Waals surface area contributed by atoms with E-state index in [4.69, 9.17) is 5.21 Å². The zero-order valence-electron chi connectivity index (χ0n) is 11.9. The summed E-state index contributed by atoms with van der Waals surface area (Å²) in [6.45, 7) is 4.64. The zero-order chi connectivity index (χ0) is 15.2. The third-order valence-corrected chi connectivity index (χ3v) is 3.17. The molecule has 0 aliphatic carbocycles. The Morgan fingerprint density at radius 1 is 1.24 bits per heavy atom. The van der Waals surface area contributed by atoms with Crippen molar-refractivity contribution >= 4 is 11.6 Å². The first kappa shape index (κ1) is 14.9. The summed E-state index contributed by atoms with van der Waals surface area (Å²) in [7, 11) is 0. The molecule has 1 aromatic heterocycles. The second kappa shape index (κ2) is 6.76. The Kier molecular flexibility index (Phi) is 4.78. The number of carbonyl (C=O) groups is 1. The second-order valence-corrected chi connectivity index (χ2v) is 4.37. The Morgan fingerprint density at radius 2 is 1.95 bits per heavy atom. The second-order valence-electron chi connectivity index (χ2n) is 4.37. The van der Waals surface area contributed by atoms with Crippen LogP contribution < -0.4 is 10.8 Å². The largest absolute Gasteiger partial charge is 0.385 e. The molecule has 2 rings (SSSR count). The van der Waals surface area contributed by atoms with Gasteiger partial charge in [-0.2, -0.15) is 0 Å². The van der Waals surface area contributed by atoms with Crippen molar-refractivity contribution in [1.29, 1.82) is 0 Å². The van der Waals surface area contributed by atoms with Gasteiger partial charge in [-0.25, -0.2) is 5.48 Å². The normalized spacial score (nSPS) is 10.2. The van der Waals surface area contributed by atoms with Gasteiger partial charge in [0.15, 0.2) is 0 Å². The molecule has 0 spiro atoms. The lowest BCUT2D eigenvalue weighted by Gasteiger charge is -2.17. The molecule has 110 valence electrons. The maximum Gasteiger partial charge on any atom is 0.274 e. The molecule has 0 saturated heterocycles. The standard InChI is InChI=1S/C14H17N5O2/c1-3-10-12(14(20)18-21)6-5-11(13(10)15-4-2)9-7-16-19-17-8-9/h5-8,15,21H,3-4H2,1-2H3,(H,18,20). The lowest BCUT2D eigenvalue weighted by Crippen LogP contribution is -2.21. The minimum Gasteiger partial charge on any atom is -0.385 e. The molecule has 3 N–H and O–H groups in total. The third kappa shape index (κ3) is 2.97. The van der Waals surface area contributed by atoms with Gasteiger partial charge in [-0.15, -0.1) is 10.2 Å². The van der Waals surface area contributed by atoms with Gasteiger partial charge >= 0.3 is 0 Å². The number of carbonyl (C=O) groups excluding carboxylic acids is 1. The average molecular weight is 287 g/mol. The number of hydrogen-bond donors (Lipinski definition) is 3. The highest BCUT2D eigenvalue weighted by atomic mass is 16.5. The number of hydrogen-bond acceptors (Lipinski definition) is 6. The summed E-state index contributed by atoms with van der Waals surface area (Å²) < 4.78 is 0. The lowest BCUT2D eigenvalue weighted by atomic mass is 9.95. The fourth-order valence-electron chi connectivity index (χ4n) is 2.29. The van der Waals surface area contributed by atoms with E-state index in [9.17, 15) is 4.79 Å². The van der Waals surface area contributed by atoms with Gasteiger partial charge in [-0.1, -0.05) is 13.0 Å². The van der Waals surface area contributed by atoms with Crippen LogP contribution in [0.15, 0.2) is 24.5 Å². The summed E-state index contributed by atoms with van der Waals surface area (Å²) in [5, 5.41) is 23.2. The summed E-state index contributed by atoms with van der Waals surface area (Å²) in [4.78, 5) is 11.8. The summed E-state index contributed by atoms with van der Waals surface area (Å²) in [5.74, 6) is -0.525. The first-order valence-electron chi connectivity index (χ1n) is 6.70. The number of nitrogens with zero attached hydrogens (tertiary/aromatic N) is 3. The maximum atomic E-state index is 11.8. The fourth-order valence-corrected chi connectivity index (χ4v) is 2.29. The van der Waals surface area contributed by atoms with Gasteiger partial charge in [0.25, 0.3) is 5.91 Å². The van der Waals surface area contributed by atoms with Gasteiger partial charge in [0.1, 0.15) is 0 Å². The Labute approximate surface area is 122 Å². The van der Waals surface area contributed by atoms with Gasteiger partial charge in [0, 0.05) is 28.9 Å². The van der Waals surface area contributed by atoms with Gasteiger partial charge in [-0.05, 0) is 30.2 Å². The molecule has 0 radical (unpaired) electrons. The number of aromatic nitrogens is 3. The van der Waals surface area contributed by atoms with Crippen molar-refractivity contribution in [2.75, 3.05) is 11.9 Å². The van der Waals surface area contributed by atoms with Crippen LogP contribution in [-0.2, 0) is 6.42 Å². The molecule has 7 heteroatoms. The van der Waals surface area contributed by atoms with Crippen molar-refractivity contribution in [3.8, 4) is 11.1 Å². The van der Waals surface area contributed by atoms with E-state index in [0.717, 1.165) is 22.4 Å². The van der Waals surface area contributed by atoms with Crippen LogP contribution in [0, 0.1) is 0 Å². The Morgan fingerprint density at radius 3 is 2.52 bits per heavy atom. The van der Waals surface area contributed by atoms with Crippen molar-refractivity contribution in [3.63, 3.8) is 0 Å². The fraction of sp³-hybridized carbons (Fsp3) is 0.286. The van der Waals surface area contributed by atoms with Crippen LogP contribution >= 0.6 is 0 Å². The number of rotatable bonds is 5.